The predicted octanol–water partition coefficient (Wildman–Crippen LogP) is 8.36. The van der Waals surface area contributed by atoms with E-state index in [1.165, 1.54) is 33.8 Å². The maximum Gasteiger partial charge on any atom is 0.226 e. The number of nitrogens with zero attached hydrogens (tertiary/aromatic N) is 10. The zero-order valence-electron chi connectivity index (χ0n) is 30.2. The third-order valence-electron chi connectivity index (χ3n) is 8.69. The molecule has 0 atom stereocenters. The van der Waals surface area contributed by atoms with Gasteiger partial charge in [0.1, 0.15) is 18.2 Å². The number of ether oxygens (including phenoxy) is 1. The van der Waals surface area contributed by atoms with Gasteiger partial charge in [-0.1, -0.05) is 46.4 Å². The first-order valence-corrected chi connectivity index (χ1v) is 18.8. The summed E-state index contributed by atoms with van der Waals surface area (Å²) in [6, 6.07) is 20.5. The SMILES string of the molecule is CC1=Nn2nc(-c3ccc(NCOCCC(=O)Nc4ccc(-c5nc6n(n5)N=C(C)C6=Nc5cc(Cl)c(O)c(Cl)c5)cc4)cc3)nc2C1=Nc1cc(Cl)c(O)c(Cl)c1. The molecule has 0 saturated carbocycles. The number of amides is 1. The Morgan fingerprint density at radius 3 is 1.57 bits per heavy atom. The standard InChI is InChI=1S/C38H28Cl4N12O4/c1-18-31(45-24-13-26(39)33(56)27(40)14-24)37-47-35(51-53(37)49-18)20-3-7-22(8-4-20)43-17-58-12-11-30(55)44-23-9-5-21(6-10-23)36-48-38-32(19(2)50-54(38)52-36)46-25-15-28(41)34(57)29(42)16-25/h3-10,13-16,43,56-57H,11-12,17H2,1-2H3,(H,44,55). The number of benzene rings is 4. The summed E-state index contributed by atoms with van der Waals surface area (Å²) in [6.07, 6.45) is 0.144. The van der Waals surface area contributed by atoms with Gasteiger partial charge in [0.05, 0.1) is 55.9 Å². The highest BCUT2D eigenvalue weighted by Gasteiger charge is 2.27. The number of nitrogens with one attached hydrogen (secondary N) is 2. The average molecular weight is 859 g/mol. The van der Waals surface area contributed by atoms with Crippen molar-refractivity contribution in [3.63, 3.8) is 0 Å². The quantitative estimate of drug-likeness (QED) is 0.0730. The molecule has 20 heteroatoms. The molecule has 292 valence electrons. The van der Waals surface area contributed by atoms with Gasteiger partial charge in [0.15, 0.2) is 23.1 Å². The largest absolute Gasteiger partial charge is 0.505 e. The molecular formula is C38H28Cl4N12O4. The molecular weight excluding hydrogens is 830 g/mol. The number of hydrogen-bond acceptors (Lipinski definition) is 13. The predicted molar refractivity (Wildman–Crippen MR) is 224 cm³/mol. The third-order valence-corrected chi connectivity index (χ3v) is 9.84. The number of carbonyl (C=O) groups is 1. The van der Waals surface area contributed by atoms with Gasteiger partial charge in [-0.25, -0.2) is 20.0 Å². The van der Waals surface area contributed by atoms with Crippen LogP contribution in [-0.2, 0) is 9.53 Å². The minimum Gasteiger partial charge on any atom is -0.505 e. The van der Waals surface area contributed by atoms with Crippen molar-refractivity contribution in [3.8, 4) is 34.3 Å². The Morgan fingerprint density at radius 2 is 1.12 bits per heavy atom. The van der Waals surface area contributed by atoms with Crippen molar-refractivity contribution in [3.05, 3.63) is 105 Å². The number of aliphatic imine (C=N–C) groups is 2. The number of aromatic hydroxyl groups is 2. The molecule has 2 aliphatic heterocycles. The first-order valence-electron chi connectivity index (χ1n) is 17.3. The lowest BCUT2D eigenvalue weighted by molar-refractivity contribution is -0.117. The van der Waals surface area contributed by atoms with E-state index in [1.807, 2.05) is 24.3 Å². The van der Waals surface area contributed by atoms with Crippen LogP contribution >= 0.6 is 46.4 Å². The van der Waals surface area contributed by atoms with Crippen molar-refractivity contribution in [2.24, 2.45) is 20.2 Å². The zero-order valence-corrected chi connectivity index (χ0v) is 33.3. The van der Waals surface area contributed by atoms with Gasteiger partial charge in [-0.3, -0.25) is 4.79 Å². The highest BCUT2D eigenvalue weighted by atomic mass is 35.5. The second-order valence-electron chi connectivity index (χ2n) is 12.8. The van der Waals surface area contributed by atoms with E-state index in [1.54, 1.807) is 38.1 Å². The summed E-state index contributed by atoms with van der Waals surface area (Å²) in [5.74, 6) is 1.13. The number of halogens is 4. The van der Waals surface area contributed by atoms with Crippen LogP contribution in [0, 0.1) is 0 Å². The second kappa shape index (κ2) is 16.0. The molecule has 2 aromatic heterocycles. The fraction of sp³-hybridized carbons (Fsp3) is 0.132. The number of phenols is 2. The Morgan fingerprint density at radius 1 is 0.690 bits per heavy atom. The molecule has 0 saturated heterocycles. The van der Waals surface area contributed by atoms with E-state index in [9.17, 15) is 15.0 Å². The van der Waals surface area contributed by atoms with Gasteiger partial charge in [0.2, 0.25) is 17.6 Å². The maximum atomic E-state index is 12.6. The van der Waals surface area contributed by atoms with Crippen LogP contribution in [0.4, 0.5) is 22.7 Å². The highest BCUT2D eigenvalue weighted by Crippen LogP contribution is 2.37. The van der Waals surface area contributed by atoms with Crippen molar-refractivity contribution >= 4 is 97.9 Å². The first-order chi connectivity index (χ1) is 27.9. The van der Waals surface area contributed by atoms with E-state index in [0.717, 1.165) is 11.3 Å². The summed E-state index contributed by atoms with van der Waals surface area (Å²) in [7, 11) is 0. The smallest absolute Gasteiger partial charge is 0.226 e. The minimum absolute atomic E-state index is 0.0763. The fourth-order valence-electron chi connectivity index (χ4n) is 5.78. The van der Waals surface area contributed by atoms with Crippen LogP contribution in [-0.4, -0.2) is 82.1 Å². The molecule has 0 radical (unpaired) electrons. The molecule has 0 bridgehead atoms. The molecule has 0 fully saturated rings. The lowest BCUT2D eigenvalue weighted by Crippen LogP contribution is -2.15. The van der Waals surface area contributed by atoms with Crippen molar-refractivity contribution in [1.29, 1.82) is 0 Å². The Labute approximate surface area is 349 Å². The average Bonchev–Trinajstić information content (AvgIpc) is 3.94. The Balaban J connectivity index is 0.804. The van der Waals surface area contributed by atoms with E-state index in [-0.39, 0.29) is 57.3 Å². The van der Waals surface area contributed by atoms with Gasteiger partial charge in [-0.2, -0.15) is 10.2 Å². The zero-order chi connectivity index (χ0) is 40.7. The monoisotopic (exact) mass is 856 g/mol. The minimum atomic E-state index is -0.217. The lowest BCUT2D eigenvalue weighted by Gasteiger charge is -2.09. The topological polar surface area (TPSA) is 202 Å². The molecule has 0 unspecified atom stereocenters. The summed E-state index contributed by atoms with van der Waals surface area (Å²) in [5, 5.41) is 43.9. The first kappa shape index (κ1) is 38.7. The van der Waals surface area contributed by atoms with E-state index < -0.39 is 0 Å². The normalized spacial score (nSPS) is 14.4. The van der Waals surface area contributed by atoms with E-state index >= 15 is 0 Å². The van der Waals surface area contributed by atoms with Crippen LogP contribution in [0.3, 0.4) is 0 Å². The van der Waals surface area contributed by atoms with Crippen molar-refractivity contribution in [2.75, 3.05) is 24.0 Å². The summed E-state index contributed by atoms with van der Waals surface area (Å²) in [5.41, 5.74) is 5.94. The van der Waals surface area contributed by atoms with Gasteiger partial charge < -0.3 is 25.6 Å². The molecule has 2 aliphatic rings. The van der Waals surface area contributed by atoms with E-state index in [4.69, 9.17) is 51.1 Å². The molecule has 8 rings (SSSR count). The second-order valence-corrected chi connectivity index (χ2v) is 14.4. The van der Waals surface area contributed by atoms with Crippen LogP contribution in [0.2, 0.25) is 20.1 Å². The van der Waals surface area contributed by atoms with Crippen LogP contribution in [0.25, 0.3) is 22.8 Å². The summed E-state index contributed by atoms with van der Waals surface area (Å²) < 4.78 is 5.65. The third kappa shape index (κ3) is 8.00. The van der Waals surface area contributed by atoms with E-state index in [0.29, 0.717) is 68.8 Å². The molecule has 4 N–H and O–H groups in total. The van der Waals surface area contributed by atoms with Gasteiger partial charge in [-0.15, -0.1) is 19.8 Å². The molecule has 4 aromatic carbocycles. The molecule has 1 amide bonds. The Bertz CT molecular complexity index is 2700. The van der Waals surface area contributed by atoms with Crippen LogP contribution in [0.15, 0.2) is 93.0 Å². The Kier molecular flexibility index (Phi) is 10.7. The van der Waals surface area contributed by atoms with E-state index in [2.05, 4.69) is 51.0 Å². The number of carbonyl (C=O) groups excluding carboxylic acids is 1. The van der Waals surface area contributed by atoms with Crippen LogP contribution in [0.5, 0.6) is 11.5 Å². The fourth-order valence-corrected chi connectivity index (χ4v) is 6.73. The molecule has 4 heterocycles. The molecule has 6 aromatic rings. The van der Waals surface area contributed by atoms with Gasteiger partial charge >= 0.3 is 0 Å². The van der Waals surface area contributed by atoms with Crippen LogP contribution < -0.4 is 10.6 Å². The molecule has 0 spiro atoms. The van der Waals surface area contributed by atoms with Crippen molar-refractivity contribution < 1.29 is 19.7 Å². The summed E-state index contributed by atoms with van der Waals surface area (Å²) >= 11 is 24.3. The maximum absolute atomic E-state index is 12.6. The van der Waals surface area contributed by atoms with Crippen molar-refractivity contribution in [2.45, 2.75) is 20.3 Å². The Hall–Kier alpha value is -6.17. The lowest BCUT2D eigenvalue weighted by atomic mass is 10.2. The number of rotatable bonds is 11. The number of aromatic nitrogens is 6. The molecule has 58 heavy (non-hydrogen) atoms. The van der Waals surface area contributed by atoms with Gasteiger partial charge in [-0.05, 0) is 86.6 Å². The molecule has 0 aliphatic carbocycles. The highest BCUT2D eigenvalue weighted by molar-refractivity contribution is 6.49. The number of fused-ring (bicyclic) bond motifs is 2. The van der Waals surface area contributed by atoms with Crippen molar-refractivity contribution in [1.82, 2.24) is 29.7 Å². The number of phenolic OH excluding ortho intramolecular Hbond substituents is 2. The summed E-state index contributed by atoms with van der Waals surface area (Å²) in [6.45, 7) is 3.96. The summed E-state index contributed by atoms with van der Waals surface area (Å²) in [4.78, 5) is 33.9. The number of anilines is 2. The number of hydrogen-bond donors (Lipinski definition) is 4. The van der Waals surface area contributed by atoms with Gasteiger partial charge in [0.25, 0.3) is 0 Å². The molecule has 16 nitrogen and oxygen atoms in total. The van der Waals surface area contributed by atoms with Gasteiger partial charge in [0, 0.05) is 22.5 Å². The van der Waals surface area contributed by atoms with Crippen LogP contribution in [0.1, 0.15) is 31.9 Å².